The van der Waals surface area contributed by atoms with Gasteiger partial charge in [-0.15, -0.1) is 11.3 Å². The number of nitrogen functional groups attached to an aromatic ring is 1. The van der Waals surface area contributed by atoms with Gasteiger partial charge in [-0.2, -0.15) is 0 Å². The van der Waals surface area contributed by atoms with Gasteiger partial charge in [0.15, 0.2) is 5.13 Å². The second kappa shape index (κ2) is 4.35. The van der Waals surface area contributed by atoms with Gasteiger partial charge in [-0.25, -0.2) is 4.98 Å². The van der Waals surface area contributed by atoms with Crippen molar-refractivity contribution in [1.82, 2.24) is 4.98 Å². The average Bonchev–Trinajstić information content (AvgIpc) is 2.83. The fourth-order valence-corrected chi connectivity index (χ4v) is 4.02. The molecule has 2 N–H and O–H groups in total. The van der Waals surface area contributed by atoms with Crippen molar-refractivity contribution in [2.24, 2.45) is 0 Å². The Bertz CT molecular complexity index is 595. The molecule has 18 heavy (non-hydrogen) atoms. The van der Waals surface area contributed by atoms with Crippen LogP contribution in [0.1, 0.15) is 39.6 Å². The number of rotatable bonds is 1. The Morgan fingerprint density at radius 2 is 2.00 bits per heavy atom. The fraction of sp³-hybridized carbons (Fsp3) is 0.357. The molecule has 0 bridgehead atoms. The van der Waals surface area contributed by atoms with E-state index in [0.29, 0.717) is 11.0 Å². The van der Waals surface area contributed by atoms with Crippen molar-refractivity contribution >= 4 is 32.4 Å². The minimum atomic E-state index is 0.486. The summed E-state index contributed by atoms with van der Waals surface area (Å²) in [6.45, 7) is 4.30. The standard InChI is InChI=1S/C14H15BrN2S/c1-7-5-9(6-8(2)12(7)15)10-3-4-11-13(10)18-14(16)17-11/h5-6,10H,3-4H2,1-2H3,(H2,16,17). The summed E-state index contributed by atoms with van der Waals surface area (Å²) in [6.07, 6.45) is 2.22. The van der Waals surface area contributed by atoms with Gasteiger partial charge in [0.25, 0.3) is 0 Å². The number of benzene rings is 1. The van der Waals surface area contributed by atoms with Gasteiger partial charge >= 0.3 is 0 Å². The van der Waals surface area contributed by atoms with Gasteiger partial charge in [0, 0.05) is 15.3 Å². The number of nitrogens with zero attached hydrogens (tertiary/aromatic N) is 1. The Balaban J connectivity index is 2.07. The summed E-state index contributed by atoms with van der Waals surface area (Å²) in [7, 11) is 0. The second-order valence-electron chi connectivity index (χ2n) is 4.92. The normalized spacial score (nSPS) is 18.1. The molecule has 0 saturated carbocycles. The van der Waals surface area contributed by atoms with E-state index < -0.39 is 0 Å². The third-order valence-electron chi connectivity index (χ3n) is 3.59. The third-order valence-corrected chi connectivity index (χ3v) is 5.88. The van der Waals surface area contributed by atoms with Gasteiger partial charge in [0.2, 0.25) is 0 Å². The maximum Gasteiger partial charge on any atom is 0.180 e. The lowest BCUT2D eigenvalue weighted by atomic mass is 9.95. The number of nitrogens with two attached hydrogens (primary N) is 1. The lowest BCUT2D eigenvalue weighted by Gasteiger charge is -2.13. The van der Waals surface area contributed by atoms with Crippen LogP contribution >= 0.6 is 27.3 Å². The van der Waals surface area contributed by atoms with Crippen LogP contribution in [0.15, 0.2) is 16.6 Å². The lowest BCUT2D eigenvalue weighted by Crippen LogP contribution is -1.97. The number of hydrogen-bond donors (Lipinski definition) is 1. The Morgan fingerprint density at radius 1 is 1.33 bits per heavy atom. The predicted molar refractivity (Wildman–Crippen MR) is 80.3 cm³/mol. The van der Waals surface area contributed by atoms with Crippen LogP contribution in [-0.2, 0) is 6.42 Å². The predicted octanol–water partition coefficient (Wildman–Crippen LogP) is 4.18. The Hall–Kier alpha value is -0.870. The molecule has 1 aromatic heterocycles. The highest BCUT2D eigenvalue weighted by Crippen LogP contribution is 2.43. The molecule has 1 unspecified atom stereocenters. The first kappa shape index (κ1) is 12.2. The zero-order valence-corrected chi connectivity index (χ0v) is 12.9. The minimum absolute atomic E-state index is 0.486. The highest BCUT2D eigenvalue weighted by Gasteiger charge is 2.28. The van der Waals surface area contributed by atoms with E-state index in [-0.39, 0.29) is 0 Å². The van der Waals surface area contributed by atoms with Crippen molar-refractivity contribution in [3.63, 3.8) is 0 Å². The van der Waals surface area contributed by atoms with E-state index in [1.54, 1.807) is 11.3 Å². The molecular weight excluding hydrogens is 308 g/mol. The van der Waals surface area contributed by atoms with Gasteiger partial charge in [-0.05, 0) is 43.4 Å². The van der Waals surface area contributed by atoms with E-state index in [1.165, 1.54) is 31.7 Å². The topological polar surface area (TPSA) is 38.9 Å². The highest BCUT2D eigenvalue weighted by atomic mass is 79.9. The second-order valence-corrected chi connectivity index (χ2v) is 6.78. The monoisotopic (exact) mass is 322 g/mol. The van der Waals surface area contributed by atoms with E-state index in [4.69, 9.17) is 5.73 Å². The van der Waals surface area contributed by atoms with E-state index in [9.17, 15) is 0 Å². The molecule has 1 atom stereocenters. The van der Waals surface area contributed by atoms with Crippen molar-refractivity contribution in [3.8, 4) is 0 Å². The summed E-state index contributed by atoms with van der Waals surface area (Å²) in [5.41, 5.74) is 11.0. The molecule has 94 valence electrons. The zero-order valence-electron chi connectivity index (χ0n) is 10.5. The van der Waals surface area contributed by atoms with Gasteiger partial charge in [-0.1, -0.05) is 28.1 Å². The Kier molecular flexibility index (Phi) is 2.94. The molecule has 3 rings (SSSR count). The third kappa shape index (κ3) is 1.88. The summed E-state index contributed by atoms with van der Waals surface area (Å²) >= 11 is 5.28. The lowest BCUT2D eigenvalue weighted by molar-refractivity contribution is 0.788. The van der Waals surface area contributed by atoms with Gasteiger partial charge in [-0.3, -0.25) is 0 Å². The molecule has 0 amide bonds. The number of anilines is 1. The van der Waals surface area contributed by atoms with Crippen LogP contribution in [0.25, 0.3) is 0 Å². The van der Waals surface area contributed by atoms with E-state index in [1.807, 2.05) is 0 Å². The first-order valence-corrected chi connectivity index (χ1v) is 7.69. The maximum atomic E-state index is 5.81. The van der Waals surface area contributed by atoms with Crippen molar-refractivity contribution < 1.29 is 0 Å². The Labute approximate surface area is 119 Å². The first-order chi connectivity index (χ1) is 8.56. The van der Waals surface area contributed by atoms with E-state index in [2.05, 4.69) is 46.9 Å². The first-order valence-electron chi connectivity index (χ1n) is 6.08. The molecule has 1 heterocycles. The molecule has 1 aliphatic rings. The fourth-order valence-electron chi connectivity index (χ4n) is 2.74. The molecule has 0 saturated heterocycles. The highest BCUT2D eigenvalue weighted by molar-refractivity contribution is 9.10. The molecule has 0 aliphatic heterocycles. The van der Waals surface area contributed by atoms with E-state index in [0.717, 1.165) is 12.8 Å². The molecule has 0 spiro atoms. The number of hydrogen-bond acceptors (Lipinski definition) is 3. The molecule has 1 aliphatic carbocycles. The van der Waals surface area contributed by atoms with Crippen LogP contribution in [0.5, 0.6) is 0 Å². The van der Waals surface area contributed by atoms with Crippen molar-refractivity contribution in [3.05, 3.63) is 43.9 Å². The summed E-state index contributed by atoms with van der Waals surface area (Å²) in [4.78, 5) is 5.79. The molecular formula is C14H15BrN2S. The number of thiazole rings is 1. The van der Waals surface area contributed by atoms with Gasteiger partial charge in [0.05, 0.1) is 5.69 Å². The van der Waals surface area contributed by atoms with Gasteiger partial charge in [0.1, 0.15) is 0 Å². The number of halogens is 1. The molecule has 0 fully saturated rings. The quantitative estimate of drug-likeness (QED) is 0.855. The molecule has 4 heteroatoms. The van der Waals surface area contributed by atoms with Crippen molar-refractivity contribution in [1.29, 1.82) is 0 Å². The van der Waals surface area contributed by atoms with Gasteiger partial charge < -0.3 is 5.73 Å². The molecule has 0 radical (unpaired) electrons. The maximum absolute atomic E-state index is 5.81. The minimum Gasteiger partial charge on any atom is -0.375 e. The summed E-state index contributed by atoms with van der Waals surface area (Å²) in [6, 6.07) is 4.57. The smallest absolute Gasteiger partial charge is 0.180 e. The van der Waals surface area contributed by atoms with Crippen molar-refractivity contribution in [2.45, 2.75) is 32.6 Å². The number of fused-ring (bicyclic) bond motifs is 1. The number of aromatic nitrogens is 1. The molecule has 1 aromatic carbocycles. The zero-order chi connectivity index (χ0) is 12.9. The van der Waals surface area contributed by atoms with Crippen LogP contribution in [0, 0.1) is 13.8 Å². The number of aryl methyl sites for hydroxylation is 3. The SMILES string of the molecule is Cc1cc(C2CCc3nc(N)sc32)cc(C)c1Br. The summed E-state index contributed by atoms with van der Waals surface area (Å²) in [5, 5.41) is 0.704. The summed E-state index contributed by atoms with van der Waals surface area (Å²) < 4.78 is 1.22. The van der Waals surface area contributed by atoms with Crippen molar-refractivity contribution in [2.75, 3.05) is 5.73 Å². The van der Waals surface area contributed by atoms with Crippen LogP contribution in [0.2, 0.25) is 0 Å². The van der Waals surface area contributed by atoms with E-state index >= 15 is 0 Å². The van der Waals surface area contributed by atoms with Crippen LogP contribution < -0.4 is 5.73 Å². The molecule has 2 aromatic rings. The largest absolute Gasteiger partial charge is 0.375 e. The summed E-state index contributed by atoms with van der Waals surface area (Å²) in [5.74, 6) is 0.486. The Morgan fingerprint density at radius 3 is 2.67 bits per heavy atom. The molecule has 2 nitrogen and oxygen atoms in total. The average molecular weight is 323 g/mol. The van der Waals surface area contributed by atoms with Crippen LogP contribution in [0.3, 0.4) is 0 Å². The van der Waals surface area contributed by atoms with Crippen LogP contribution in [0.4, 0.5) is 5.13 Å². The van der Waals surface area contributed by atoms with Crippen LogP contribution in [-0.4, -0.2) is 4.98 Å².